The zero-order valence-electron chi connectivity index (χ0n) is 17.7. The van der Waals surface area contributed by atoms with Gasteiger partial charge in [-0.05, 0) is 63.6 Å². The van der Waals surface area contributed by atoms with Crippen molar-refractivity contribution in [3.8, 4) is 5.69 Å². The van der Waals surface area contributed by atoms with Gasteiger partial charge in [-0.15, -0.1) is 17.9 Å². The van der Waals surface area contributed by atoms with Crippen LogP contribution in [-0.4, -0.2) is 27.2 Å². The van der Waals surface area contributed by atoms with E-state index in [1.165, 1.54) is 23.4 Å². The van der Waals surface area contributed by atoms with Crippen molar-refractivity contribution < 1.29 is 4.79 Å². The number of anilines is 1. The van der Waals surface area contributed by atoms with E-state index in [0.29, 0.717) is 19.4 Å². The number of benzene rings is 1. The van der Waals surface area contributed by atoms with Crippen molar-refractivity contribution >= 4 is 22.4 Å². The fourth-order valence-electron chi connectivity index (χ4n) is 4.09. The molecule has 0 atom stereocenters. The van der Waals surface area contributed by atoms with Gasteiger partial charge in [0.2, 0.25) is 5.91 Å². The minimum atomic E-state index is 0.0901. The first kappa shape index (κ1) is 20.5. The summed E-state index contributed by atoms with van der Waals surface area (Å²) in [6.07, 6.45) is 7.40. The molecule has 0 bridgehead atoms. The molecule has 0 fully saturated rings. The maximum absolute atomic E-state index is 13.1. The molecule has 1 aliphatic carbocycles. The molecule has 1 aromatic carbocycles. The lowest BCUT2D eigenvalue weighted by Crippen LogP contribution is -2.31. The van der Waals surface area contributed by atoms with Gasteiger partial charge in [0, 0.05) is 23.5 Å². The summed E-state index contributed by atoms with van der Waals surface area (Å²) in [4.78, 5) is 21.1. The lowest BCUT2D eigenvalue weighted by molar-refractivity contribution is -0.118. The molecule has 4 rings (SSSR count). The summed E-state index contributed by atoms with van der Waals surface area (Å²) in [5.74, 6) is 0.0901. The lowest BCUT2D eigenvalue weighted by Gasteiger charge is -2.18. The van der Waals surface area contributed by atoms with Gasteiger partial charge in [-0.2, -0.15) is 5.10 Å². The molecule has 156 valence electrons. The molecule has 0 N–H and O–H groups in total. The molecular formula is C24H28N4OS. The average Bonchev–Trinajstić information content (AvgIpc) is 3.31. The third kappa shape index (κ3) is 4.10. The van der Waals surface area contributed by atoms with Crippen LogP contribution in [0.15, 0.2) is 43.0 Å². The molecule has 0 aliphatic heterocycles. The van der Waals surface area contributed by atoms with Gasteiger partial charge < -0.3 is 0 Å². The first-order valence-electron chi connectivity index (χ1n) is 10.6. The van der Waals surface area contributed by atoms with Crippen molar-refractivity contribution in [3.05, 3.63) is 70.5 Å². The van der Waals surface area contributed by atoms with E-state index in [0.717, 1.165) is 40.6 Å². The van der Waals surface area contributed by atoms with E-state index < -0.39 is 0 Å². The van der Waals surface area contributed by atoms with Crippen molar-refractivity contribution in [3.63, 3.8) is 0 Å². The molecule has 5 nitrogen and oxygen atoms in total. The summed E-state index contributed by atoms with van der Waals surface area (Å²) in [5.41, 5.74) is 5.43. The van der Waals surface area contributed by atoms with E-state index >= 15 is 0 Å². The van der Waals surface area contributed by atoms with Crippen LogP contribution in [0.2, 0.25) is 0 Å². The van der Waals surface area contributed by atoms with Gasteiger partial charge in [0.1, 0.15) is 0 Å². The Balaban J connectivity index is 1.51. The number of aryl methyl sites for hydroxylation is 3. The lowest BCUT2D eigenvalue weighted by atomic mass is 10.0. The second-order valence-electron chi connectivity index (χ2n) is 7.76. The average molecular weight is 421 g/mol. The number of carbonyl (C=O) groups excluding carboxylic acids is 1. The van der Waals surface area contributed by atoms with E-state index in [1.807, 2.05) is 41.9 Å². The number of rotatable bonds is 7. The van der Waals surface area contributed by atoms with E-state index in [1.54, 1.807) is 22.3 Å². The van der Waals surface area contributed by atoms with Gasteiger partial charge in [-0.3, -0.25) is 9.69 Å². The van der Waals surface area contributed by atoms with Gasteiger partial charge in [-0.25, -0.2) is 9.67 Å². The van der Waals surface area contributed by atoms with E-state index in [4.69, 9.17) is 10.1 Å². The first-order valence-corrected chi connectivity index (χ1v) is 11.4. The highest BCUT2D eigenvalue weighted by Gasteiger charge is 2.23. The Labute approximate surface area is 182 Å². The molecule has 3 aromatic rings. The van der Waals surface area contributed by atoms with Crippen LogP contribution in [-0.2, 0) is 24.1 Å². The third-order valence-corrected chi connectivity index (χ3v) is 6.89. The Hall–Kier alpha value is -2.73. The summed E-state index contributed by atoms with van der Waals surface area (Å²) >= 11 is 1.67. The van der Waals surface area contributed by atoms with Crippen LogP contribution < -0.4 is 4.90 Å². The van der Waals surface area contributed by atoms with Crippen LogP contribution in [0.3, 0.4) is 0 Å². The van der Waals surface area contributed by atoms with Crippen LogP contribution >= 0.6 is 11.3 Å². The van der Waals surface area contributed by atoms with E-state index in [2.05, 4.69) is 13.5 Å². The normalized spacial score (nSPS) is 13.1. The van der Waals surface area contributed by atoms with E-state index in [-0.39, 0.29) is 5.91 Å². The van der Waals surface area contributed by atoms with Gasteiger partial charge in [-0.1, -0.05) is 24.3 Å². The number of carbonyl (C=O) groups is 1. The SMILES string of the molecule is C=CCN(C(=O)CCc1c(C)nn(-c2ccccc2)c1C)c1nc2c(s1)CCCC2. The molecular weight excluding hydrogens is 392 g/mol. The molecule has 0 saturated carbocycles. The first-order chi connectivity index (χ1) is 14.6. The standard InChI is InChI=1S/C24H28N4OS/c1-4-16-27(24-25-21-12-8-9-13-22(21)30-24)23(29)15-14-20-17(2)26-28(18(20)3)19-10-6-5-7-11-19/h4-7,10-11H,1,8-9,12-16H2,2-3H3. The second kappa shape index (κ2) is 8.96. The van der Waals surface area contributed by atoms with Gasteiger partial charge in [0.25, 0.3) is 0 Å². The molecule has 2 heterocycles. The highest BCUT2D eigenvalue weighted by Crippen LogP contribution is 2.32. The largest absolute Gasteiger partial charge is 0.284 e. The fourth-order valence-corrected chi connectivity index (χ4v) is 5.27. The molecule has 6 heteroatoms. The van der Waals surface area contributed by atoms with Crippen LogP contribution in [0.25, 0.3) is 5.69 Å². The third-order valence-electron chi connectivity index (χ3n) is 5.71. The van der Waals surface area contributed by atoms with Crippen molar-refractivity contribution in [2.24, 2.45) is 0 Å². The fraction of sp³-hybridized carbons (Fsp3) is 0.375. The smallest absolute Gasteiger partial charge is 0.229 e. The van der Waals surface area contributed by atoms with Crippen molar-refractivity contribution in [2.45, 2.75) is 52.4 Å². The maximum Gasteiger partial charge on any atom is 0.229 e. The van der Waals surface area contributed by atoms with Crippen LogP contribution in [0.1, 0.15) is 46.8 Å². The molecule has 0 spiro atoms. The maximum atomic E-state index is 13.1. The monoisotopic (exact) mass is 420 g/mol. The quantitative estimate of drug-likeness (QED) is 0.507. The predicted octanol–water partition coefficient (Wildman–Crippen LogP) is 4.98. The number of fused-ring (bicyclic) bond motifs is 1. The molecule has 1 amide bonds. The van der Waals surface area contributed by atoms with Crippen molar-refractivity contribution in [2.75, 3.05) is 11.4 Å². The minimum Gasteiger partial charge on any atom is -0.284 e. The molecule has 0 saturated heterocycles. The summed E-state index contributed by atoms with van der Waals surface area (Å²) < 4.78 is 1.96. The molecule has 0 radical (unpaired) electrons. The topological polar surface area (TPSA) is 51.0 Å². The highest BCUT2D eigenvalue weighted by molar-refractivity contribution is 7.16. The van der Waals surface area contributed by atoms with Crippen LogP contribution in [0, 0.1) is 13.8 Å². The Kier molecular flexibility index (Phi) is 6.13. The summed E-state index contributed by atoms with van der Waals surface area (Å²) in [7, 11) is 0. The van der Waals surface area contributed by atoms with Crippen molar-refractivity contribution in [1.82, 2.24) is 14.8 Å². The number of aromatic nitrogens is 3. The minimum absolute atomic E-state index is 0.0901. The van der Waals surface area contributed by atoms with E-state index in [9.17, 15) is 4.79 Å². The number of thiazole rings is 1. The second-order valence-corrected chi connectivity index (χ2v) is 8.83. The van der Waals surface area contributed by atoms with Crippen LogP contribution in [0.4, 0.5) is 5.13 Å². The number of para-hydroxylation sites is 1. The summed E-state index contributed by atoms with van der Waals surface area (Å²) in [6.45, 7) is 8.42. The van der Waals surface area contributed by atoms with Crippen molar-refractivity contribution in [1.29, 1.82) is 0 Å². The predicted molar refractivity (Wildman–Crippen MR) is 123 cm³/mol. The molecule has 30 heavy (non-hydrogen) atoms. The number of hydrogen-bond acceptors (Lipinski definition) is 4. The number of nitrogens with zero attached hydrogens (tertiary/aromatic N) is 4. The molecule has 0 unspecified atom stereocenters. The van der Waals surface area contributed by atoms with Gasteiger partial charge in [0.05, 0.1) is 17.1 Å². The van der Waals surface area contributed by atoms with Crippen LogP contribution in [0.5, 0.6) is 0 Å². The number of amides is 1. The highest BCUT2D eigenvalue weighted by atomic mass is 32.1. The molecule has 2 aromatic heterocycles. The Bertz CT molecular complexity index is 1030. The zero-order chi connectivity index (χ0) is 21.1. The van der Waals surface area contributed by atoms with Gasteiger partial charge >= 0.3 is 0 Å². The summed E-state index contributed by atoms with van der Waals surface area (Å²) in [6, 6.07) is 10.1. The Morgan fingerprint density at radius 1 is 1.23 bits per heavy atom. The Morgan fingerprint density at radius 3 is 2.73 bits per heavy atom. The zero-order valence-corrected chi connectivity index (χ0v) is 18.5. The Morgan fingerprint density at radius 2 is 2.00 bits per heavy atom. The summed E-state index contributed by atoms with van der Waals surface area (Å²) in [5, 5.41) is 5.53. The molecule has 1 aliphatic rings. The van der Waals surface area contributed by atoms with Gasteiger partial charge in [0.15, 0.2) is 5.13 Å². The number of hydrogen-bond donors (Lipinski definition) is 0.